The summed E-state index contributed by atoms with van der Waals surface area (Å²) in [5, 5.41) is 6.84. The average Bonchev–Trinajstić information content (AvgIpc) is 3.32. The molecule has 1 aromatic carbocycles. The second-order valence-electron chi connectivity index (χ2n) is 6.59. The molecule has 0 saturated carbocycles. The molecule has 9 heteroatoms. The van der Waals surface area contributed by atoms with Crippen molar-refractivity contribution >= 4 is 17.7 Å². The molecule has 0 bridgehead atoms. The predicted molar refractivity (Wildman–Crippen MR) is 92.1 cm³/mol. The van der Waals surface area contributed by atoms with Crippen LogP contribution in [0.3, 0.4) is 0 Å². The Kier molecular flexibility index (Phi) is 3.78. The van der Waals surface area contributed by atoms with Crippen molar-refractivity contribution < 1.29 is 14.3 Å². The summed E-state index contributed by atoms with van der Waals surface area (Å²) >= 11 is 0. The van der Waals surface area contributed by atoms with Crippen LogP contribution in [0.2, 0.25) is 0 Å². The van der Waals surface area contributed by atoms with Gasteiger partial charge in [-0.25, -0.2) is 14.4 Å². The van der Waals surface area contributed by atoms with Gasteiger partial charge >= 0.3 is 17.7 Å². The minimum atomic E-state index is -0.814. The van der Waals surface area contributed by atoms with Crippen molar-refractivity contribution in [3.8, 4) is 5.69 Å². The Morgan fingerprint density at radius 2 is 2.00 bits per heavy atom. The smallest absolute Gasteiger partial charge is 0.350 e. The molecule has 4 rings (SSSR count). The van der Waals surface area contributed by atoms with Crippen LogP contribution in [-0.4, -0.2) is 49.9 Å². The number of carbonyl (C=O) groups is 2. The van der Waals surface area contributed by atoms with Crippen LogP contribution in [0.1, 0.15) is 19.3 Å². The fraction of sp³-hybridized carbons (Fsp3) is 0.412. The lowest BCUT2D eigenvalue weighted by Gasteiger charge is -2.31. The monoisotopic (exact) mass is 357 g/mol. The zero-order chi connectivity index (χ0) is 18.3. The van der Waals surface area contributed by atoms with Crippen LogP contribution in [0.25, 0.3) is 5.69 Å². The molecular weight excluding hydrogens is 338 g/mol. The van der Waals surface area contributed by atoms with Crippen LogP contribution < -0.4 is 11.0 Å². The number of amides is 2. The van der Waals surface area contributed by atoms with Crippen molar-refractivity contribution in [2.75, 3.05) is 18.5 Å². The number of hydrogen-bond acceptors (Lipinski definition) is 5. The minimum absolute atomic E-state index is 0.250. The van der Waals surface area contributed by atoms with Gasteiger partial charge in [-0.2, -0.15) is 9.78 Å². The first-order chi connectivity index (χ1) is 12.5. The number of aromatic nitrogens is 3. The molecule has 2 aliphatic rings. The van der Waals surface area contributed by atoms with Gasteiger partial charge in [0, 0.05) is 25.7 Å². The fourth-order valence-corrected chi connectivity index (χ4v) is 3.63. The quantitative estimate of drug-likeness (QED) is 0.805. The van der Waals surface area contributed by atoms with E-state index in [2.05, 4.69) is 10.4 Å². The number of hydrogen-bond donors (Lipinski definition) is 1. The first-order valence-electron chi connectivity index (χ1n) is 8.48. The molecule has 2 amide bonds. The van der Waals surface area contributed by atoms with Gasteiger partial charge in [0.1, 0.15) is 11.9 Å². The van der Waals surface area contributed by atoms with E-state index in [1.807, 2.05) is 0 Å². The largest absolute Gasteiger partial charge is 0.464 e. The van der Waals surface area contributed by atoms with Crippen molar-refractivity contribution in [3.05, 3.63) is 41.1 Å². The van der Waals surface area contributed by atoms with E-state index in [4.69, 9.17) is 4.74 Å². The van der Waals surface area contributed by atoms with E-state index in [1.165, 1.54) is 15.6 Å². The molecule has 1 spiro atoms. The Hall–Kier alpha value is -3.10. The second kappa shape index (κ2) is 6.01. The number of aryl methyl sites for hydroxylation is 1. The van der Waals surface area contributed by atoms with E-state index in [0.29, 0.717) is 37.4 Å². The highest BCUT2D eigenvalue weighted by atomic mass is 16.5. The fourth-order valence-electron chi connectivity index (χ4n) is 3.63. The number of ether oxygens (including phenoxy) is 1. The molecule has 0 unspecified atom stereocenters. The Labute approximate surface area is 149 Å². The summed E-state index contributed by atoms with van der Waals surface area (Å²) in [4.78, 5) is 38.3. The van der Waals surface area contributed by atoms with Crippen LogP contribution in [0.5, 0.6) is 0 Å². The van der Waals surface area contributed by atoms with Gasteiger partial charge in [0.05, 0.1) is 12.3 Å². The number of esters is 1. The summed E-state index contributed by atoms with van der Waals surface area (Å²) in [5.41, 5.74) is 0.118. The second-order valence-corrected chi connectivity index (χ2v) is 6.59. The number of benzene rings is 1. The SMILES string of the molecule is Cn1cnn(-c2ccc(NC(=O)N3CCC[C@@]34CCOC4=O)cc2)c1=O. The van der Waals surface area contributed by atoms with Crippen molar-refractivity contribution in [1.82, 2.24) is 19.2 Å². The lowest BCUT2D eigenvalue weighted by atomic mass is 9.95. The molecular formula is C17H19N5O4. The molecule has 1 N–H and O–H groups in total. The number of carbonyl (C=O) groups excluding carboxylic acids is 2. The summed E-state index contributed by atoms with van der Waals surface area (Å²) in [5.74, 6) is -0.310. The van der Waals surface area contributed by atoms with E-state index in [-0.39, 0.29) is 17.7 Å². The van der Waals surface area contributed by atoms with Crippen molar-refractivity contribution in [2.45, 2.75) is 24.8 Å². The highest BCUT2D eigenvalue weighted by Gasteiger charge is 2.53. The topological polar surface area (TPSA) is 98.5 Å². The molecule has 136 valence electrons. The molecule has 2 aliphatic heterocycles. The highest BCUT2D eigenvalue weighted by molar-refractivity contribution is 5.95. The standard InChI is InChI=1S/C17H19N5O4/c1-20-11-18-22(16(20)25)13-5-3-12(4-6-13)19-15(24)21-9-2-7-17(21)8-10-26-14(17)23/h3-6,11H,2,7-10H2,1H3,(H,19,24)/t17-/m0/s1. The molecule has 3 heterocycles. The number of nitrogens with zero attached hydrogens (tertiary/aromatic N) is 4. The Morgan fingerprint density at radius 3 is 2.62 bits per heavy atom. The van der Waals surface area contributed by atoms with Crippen LogP contribution in [-0.2, 0) is 16.6 Å². The predicted octanol–water partition coefficient (Wildman–Crippen LogP) is 0.884. The lowest BCUT2D eigenvalue weighted by molar-refractivity contribution is -0.145. The zero-order valence-electron chi connectivity index (χ0n) is 14.3. The number of urea groups is 1. The zero-order valence-corrected chi connectivity index (χ0v) is 14.3. The van der Waals surface area contributed by atoms with Crippen LogP contribution in [0.15, 0.2) is 35.4 Å². The lowest BCUT2D eigenvalue weighted by Crippen LogP contribution is -2.52. The summed E-state index contributed by atoms with van der Waals surface area (Å²) in [6.45, 7) is 0.887. The van der Waals surface area contributed by atoms with Crippen molar-refractivity contribution in [1.29, 1.82) is 0 Å². The number of likely N-dealkylation sites (tertiary alicyclic amines) is 1. The van der Waals surface area contributed by atoms with Gasteiger partial charge in [0.2, 0.25) is 0 Å². The Balaban J connectivity index is 1.51. The van der Waals surface area contributed by atoms with Crippen molar-refractivity contribution in [3.63, 3.8) is 0 Å². The third-order valence-electron chi connectivity index (χ3n) is 5.05. The molecule has 9 nitrogen and oxygen atoms in total. The van der Waals surface area contributed by atoms with Gasteiger partial charge < -0.3 is 15.0 Å². The number of cyclic esters (lactones) is 1. The van der Waals surface area contributed by atoms with E-state index >= 15 is 0 Å². The molecule has 0 aliphatic carbocycles. The molecule has 2 aromatic rings. The summed E-state index contributed by atoms with van der Waals surface area (Å²) in [6.07, 6.45) is 3.40. The van der Waals surface area contributed by atoms with E-state index < -0.39 is 5.54 Å². The number of rotatable bonds is 2. The van der Waals surface area contributed by atoms with Gasteiger partial charge in [-0.3, -0.25) is 4.57 Å². The van der Waals surface area contributed by atoms with Gasteiger partial charge in [-0.15, -0.1) is 0 Å². The minimum Gasteiger partial charge on any atom is -0.464 e. The summed E-state index contributed by atoms with van der Waals surface area (Å²) < 4.78 is 7.75. The average molecular weight is 357 g/mol. The van der Waals surface area contributed by atoms with Crippen LogP contribution in [0, 0.1) is 0 Å². The molecule has 1 atom stereocenters. The van der Waals surface area contributed by atoms with E-state index in [0.717, 1.165) is 6.42 Å². The first kappa shape index (κ1) is 16.4. The molecule has 2 saturated heterocycles. The first-order valence-corrected chi connectivity index (χ1v) is 8.48. The third kappa shape index (κ3) is 2.47. The summed E-state index contributed by atoms with van der Waals surface area (Å²) in [7, 11) is 1.63. The van der Waals surface area contributed by atoms with Gasteiger partial charge in [0.15, 0.2) is 0 Å². The highest BCUT2D eigenvalue weighted by Crippen LogP contribution is 2.37. The maximum Gasteiger partial charge on any atom is 0.350 e. The van der Waals surface area contributed by atoms with E-state index in [1.54, 1.807) is 36.2 Å². The molecule has 0 radical (unpaired) electrons. The summed E-state index contributed by atoms with van der Waals surface area (Å²) in [6, 6.07) is 6.49. The van der Waals surface area contributed by atoms with Gasteiger partial charge in [0.25, 0.3) is 0 Å². The Bertz CT molecular complexity index is 912. The Morgan fingerprint density at radius 1 is 1.23 bits per heavy atom. The number of anilines is 1. The van der Waals surface area contributed by atoms with Crippen LogP contribution >= 0.6 is 0 Å². The maximum atomic E-state index is 12.7. The maximum absolute atomic E-state index is 12.7. The number of nitrogens with one attached hydrogen (secondary N) is 1. The van der Waals surface area contributed by atoms with Gasteiger partial charge in [-0.1, -0.05) is 0 Å². The molecule has 1 aromatic heterocycles. The normalized spacial score (nSPS) is 22.0. The van der Waals surface area contributed by atoms with E-state index in [9.17, 15) is 14.4 Å². The third-order valence-corrected chi connectivity index (χ3v) is 5.05. The molecule has 26 heavy (non-hydrogen) atoms. The van der Waals surface area contributed by atoms with Gasteiger partial charge in [-0.05, 0) is 37.1 Å². The molecule has 2 fully saturated rings. The van der Waals surface area contributed by atoms with Crippen molar-refractivity contribution in [2.24, 2.45) is 7.05 Å². The van der Waals surface area contributed by atoms with Crippen LogP contribution in [0.4, 0.5) is 10.5 Å².